The fraction of sp³-hybridized carbons (Fsp3) is 0. The Balaban J connectivity index is -0.0000000755. The van der Waals surface area contributed by atoms with Crippen molar-refractivity contribution in [2.45, 2.75) is 0 Å². The predicted molar refractivity (Wildman–Crippen MR) is 57.9 cm³/mol. The molecule has 84 valence electrons. The number of hydrogen-bond acceptors (Lipinski definition) is 3. The predicted octanol–water partition coefficient (Wildman–Crippen LogP) is 1.67. The molecule has 3 nitrogen and oxygen atoms in total. The summed E-state index contributed by atoms with van der Waals surface area (Å²) >= 11 is 0. The Morgan fingerprint density at radius 2 is 0.467 bits per heavy atom. The summed E-state index contributed by atoms with van der Waals surface area (Å²) in [5.74, 6) is 0. The SMILES string of the molecule is C1=C/C=C\C=C/C=C1.C=O.C=O.C=O.[Ru]. The van der Waals surface area contributed by atoms with E-state index in [1.165, 1.54) is 0 Å². The largest absolute Gasteiger partial charge is 0.307 e. The Morgan fingerprint density at radius 1 is 0.400 bits per heavy atom. The van der Waals surface area contributed by atoms with Crippen molar-refractivity contribution in [3.05, 3.63) is 48.6 Å². The summed E-state index contributed by atoms with van der Waals surface area (Å²) in [6, 6.07) is 0. The van der Waals surface area contributed by atoms with Gasteiger partial charge in [-0.25, -0.2) is 0 Å². The van der Waals surface area contributed by atoms with Crippen molar-refractivity contribution < 1.29 is 33.9 Å². The molecular formula is C11H14O3Ru. The molecule has 0 N–H and O–H groups in total. The van der Waals surface area contributed by atoms with Crippen LogP contribution < -0.4 is 0 Å². The molecule has 0 unspecified atom stereocenters. The van der Waals surface area contributed by atoms with Crippen LogP contribution in [-0.4, -0.2) is 20.4 Å². The second-order valence-electron chi connectivity index (χ2n) is 1.54. The van der Waals surface area contributed by atoms with E-state index in [2.05, 4.69) is 0 Å². The summed E-state index contributed by atoms with van der Waals surface area (Å²) in [7, 11) is 0. The van der Waals surface area contributed by atoms with E-state index in [0.717, 1.165) is 0 Å². The van der Waals surface area contributed by atoms with Gasteiger partial charge in [0.05, 0.1) is 0 Å². The van der Waals surface area contributed by atoms with Gasteiger partial charge in [-0.3, -0.25) is 0 Å². The van der Waals surface area contributed by atoms with Gasteiger partial charge in [-0.2, -0.15) is 0 Å². The zero-order chi connectivity index (χ0) is 11.7. The van der Waals surface area contributed by atoms with Gasteiger partial charge in [0.15, 0.2) is 0 Å². The van der Waals surface area contributed by atoms with Gasteiger partial charge in [-0.1, -0.05) is 48.6 Å². The second-order valence-corrected chi connectivity index (χ2v) is 1.54. The van der Waals surface area contributed by atoms with Gasteiger partial charge in [0, 0.05) is 19.5 Å². The van der Waals surface area contributed by atoms with Crippen molar-refractivity contribution in [3.63, 3.8) is 0 Å². The summed E-state index contributed by atoms with van der Waals surface area (Å²) in [6.07, 6.45) is 16.0. The monoisotopic (exact) mass is 296 g/mol. The Bertz CT molecular complexity index is 147. The van der Waals surface area contributed by atoms with Crippen LogP contribution in [-0.2, 0) is 33.9 Å². The molecule has 0 heterocycles. The third kappa shape index (κ3) is 32.5. The number of carbonyl (C=O) groups is 3. The smallest absolute Gasteiger partial charge is 0.106 e. The number of carbonyl (C=O) groups excluding carboxylic acids is 3. The molecule has 0 bridgehead atoms. The molecule has 0 saturated heterocycles. The fourth-order valence-corrected chi connectivity index (χ4v) is 0.513. The molecule has 0 fully saturated rings. The van der Waals surface area contributed by atoms with Gasteiger partial charge < -0.3 is 14.4 Å². The number of allylic oxidation sites excluding steroid dienone is 8. The third-order valence-corrected chi connectivity index (χ3v) is 0.889. The Kier molecular flexibility index (Phi) is 60.8. The minimum atomic E-state index is 0. The first-order valence-electron chi connectivity index (χ1n) is 3.53. The van der Waals surface area contributed by atoms with E-state index in [4.69, 9.17) is 14.4 Å². The van der Waals surface area contributed by atoms with E-state index in [9.17, 15) is 0 Å². The summed E-state index contributed by atoms with van der Waals surface area (Å²) in [5.41, 5.74) is 0. The van der Waals surface area contributed by atoms with E-state index in [1.54, 1.807) is 0 Å². The van der Waals surface area contributed by atoms with Gasteiger partial charge in [0.1, 0.15) is 20.4 Å². The van der Waals surface area contributed by atoms with Crippen LogP contribution in [0.3, 0.4) is 0 Å². The quantitative estimate of drug-likeness (QED) is 0.639. The maximum atomic E-state index is 8.00. The second kappa shape index (κ2) is 38.9. The first kappa shape index (κ1) is 23.4. The molecular weight excluding hydrogens is 281 g/mol. The summed E-state index contributed by atoms with van der Waals surface area (Å²) < 4.78 is 0. The zero-order valence-corrected chi connectivity index (χ0v) is 10.1. The van der Waals surface area contributed by atoms with Gasteiger partial charge >= 0.3 is 0 Å². The van der Waals surface area contributed by atoms with E-state index in [0.29, 0.717) is 0 Å². The molecule has 1 rings (SSSR count). The molecule has 1 aliphatic carbocycles. The van der Waals surface area contributed by atoms with E-state index in [1.807, 2.05) is 69.0 Å². The van der Waals surface area contributed by atoms with Gasteiger partial charge in [-0.15, -0.1) is 0 Å². The van der Waals surface area contributed by atoms with E-state index in [-0.39, 0.29) is 19.5 Å². The van der Waals surface area contributed by atoms with Crippen LogP contribution in [0.15, 0.2) is 48.6 Å². The van der Waals surface area contributed by atoms with E-state index >= 15 is 0 Å². The topological polar surface area (TPSA) is 51.2 Å². The van der Waals surface area contributed by atoms with Crippen molar-refractivity contribution >= 4 is 20.4 Å². The van der Waals surface area contributed by atoms with Crippen molar-refractivity contribution in [2.75, 3.05) is 0 Å². The number of rotatable bonds is 0. The standard InChI is InChI=1S/C8H8.3CH2O.Ru/c1-2-4-6-8-7-5-3-1;3*1-2;/h1-8H;3*1H2;/b2-1-,3-1?,4-2?,5-3-,6-4?,7-5?,8-6?,8-7?;;;;. The van der Waals surface area contributed by atoms with Crippen molar-refractivity contribution in [1.82, 2.24) is 0 Å². The fourth-order valence-electron chi connectivity index (χ4n) is 0.513. The van der Waals surface area contributed by atoms with Crippen LogP contribution in [0.2, 0.25) is 0 Å². The molecule has 0 aliphatic heterocycles. The Hall–Kier alpha value is -1.41. The molecule has 4 heteroatoms. The maximum Gasteiger partial charge on any atom is 0.106 e. The van der Waals surface area contributed by atoms with Crippen LogP contribution in [0, 0.1) is 0 Å². The summed E-state index contributed by atoms with van der Waals surface area (Å²) in [4.78, 5) is 24.0. The van der Waals surface area contributed by atoms with Gasteiger partial charge in [0.2, 0.25) is 0 Å². The molecule has 0 atom stereocenters. The average Bonchev–Trinajstić information content (AvgIpc) is 2.26. The minimum absolute atomic E-state index is 0. The molecule has 0 aromatic carbocycles. The number of hydrogen-bond donors (Lipinski definition) is 0. The first-order chi connectivity index (χ1) is 7.00. The minimum Gasteiger partial charge on any atom is -0.307 e. The maximum absolute atomic E-state index is 8.00. The molecule has 0 radical (unpaired) electrons. The van der Waals surface area contributed by atoms with Crippen molar-refractivity contribution in [1.29, 1.82) is 0 Å². The molecule has 0 spiro atoms. The van der Waals surface area contributed by atoms with Crippen LogP contribution >= 0.6 is 0 Å². The molecule has 1 aliphatic rings. The molecule has 0 aromatic heterocycles. The van der Waals surface area contributed by atoms with Crippen LogP contribution in [0.4, 0.5) is 0 Å². The van der Waals surface area contributed by atoms with Gasteiger partial charge in [0.25, 0.3) is 0 Å². The molecule has 15 heavy (non-hydrogen) atoms. The van der Waals surface area contributed by atoms with Gasteiger partial charge in [-0.05, 0) is 0 Å². The summed E-state index contributed by atoms with van der Waals surface area (Å²) in [6.45, 7) is 6.00. The molecule has 0 saturated carbocycles. The Morgan fingerprint density at radius 3 is 0.533 bits per heavy atom. The van der Waals surface area contributed by atoms with Crippen molar-refractivity contribution in [2.24, 2.45) is 0 Å². The van der Waals surface area contributed by atoms with Crippen LogP contribution in [0.25, 0.3) is 0 Å². The van der Waals surface area contributed by atoms with Crippen molar-refractivity contribution in [3.8, 4) is 0 Å². The Labute approximate surface area is 103 Å². The normalized spacial score (nSPS) is 13.6. The van der Waals surface area contributed by atoms with Crippen LogP contribution in [0.1, 0.15) is 0 Å². The average molecular weight is 295 g/mol. The zero-order valence-electron chi connectivity index (χ0n) is 8.32. The molecule has 0 amide bonds. The summed E-state index contributed by atoms with van der Waals surface area (Å²) in [5, 5.41) is 0. The molecule has 0 aromatic rings. The van der Waals surface area contributed by atoms with E-state index < -0.39 is 0 Å². The first-order valence-corrected chi connectivity index (χ1v) is 3.53. The third-order valence-electron chi connectivity index (χ3n) is 0.889. The van der Waals surface area contributed by atoms with Crippen LogP contribution in [0.5, 0.6) is 0 Å².